The Morgan fingerprint density at radius 1 is 0.774 bits per heavy atom. The maximum atomic E-state index is 11.4. The fraction of sp³-hybridized carbons (Fsp3) is 0.538. The number of rotatable bonds is 13. The molecule has 31 heavy (non-hydrogen) atoms. The summed E-state index contributed by atoms with van der Waals surface area (Å²) >= 11 is 0. The fourth-order valence-corrected chi connectivity index (χ4v) is 4.05. The maximum absolute atomic E-state index is 11.4. The van der Waals surface area contributed by atoms with E-state index in [0.29, 0.717) is 24.0 Å². The Labute approximate surface area is 185 Å². The van der Waals surface area contributed by atoms with Crippen LogP contribution in [0.2, 0.25) is 0 Å². The first kappa shape index (κ1) is 23.1. The maximum Gasteiger partial charge on any atom is 0.334 e. The van der Waals surface area contributed by atoms with Gasteiger partial charge in [-0.2, -0.15) is 0 Å². The molecule has 2 aliphatic heterocycles. The van der Waals surface area contributed by atoms with Crippen LogP contribution in [-0.4, -0.2) is 24.6 Å². The summed E-state index contributed by atoms with van der Waals surface area (Å²) in [4.78, 5) is 22.7. The molecule has 2 fully saturated rings. The topological polar surface area (TPSA) is 61.8 Å². The summed E-state index contributed by atoms with van der Waals surface area (Å²) in [6, 6.07) is 7.79. The van der Waals surface area contributed by atoms with Crippen molar-refractivity contribution in [3.63, 3.8) is 0 Å². The number of carbonyl (C=O) groups excluding carboxylic acids is 2. The molecule has 0 aromatic heterocycles. The quantitative estimate of drug-likeness (QED) is 0.220. The van der Waals surface area contributed by atoms with E-state index in [-0.39, 0.29) is 24.1 Å². The minimum Gasteiger partial charge on any atom is -0.494 e. The van der Waals surface area contributed by atoms with E-state index in [1.165, 1.54) is 38.5 Å². The Morgan fingerprint density at radius 2 is 1.35 bits per heavy atom. The molecule has 2 saturated heterocycles. The predicted octanol–water partition coefficient (Wildman–Crippen LogP) is 5.99. The van der Waals surface area contributed by atoms with Crippen LogP contribution >= 0.6 is 0 Å². The van der Waals surface area contributed by atoms with Gasteiger partial charge in [-0.15, -0.1) is 0 Å². The molecule has 0 bridgehead atoms. The van der Waals surface area contributed by atoms with Crippen molar-refractivity contribution < 1.29 is 23.8 Å². The lowest BCUT2D eigenvalue weighted by Crippen LogP contribution is -2.06. The molecule has 5 nitrogen and oxygen atoms in total. The molecule has 0 aliphatic carbocycles. The van der Waals surface area contributed by atoms with Gasteiger partial charge in [0.2, 0.25) is 0 Å². The number of hydrogen-bond donors (Lipinski definition) is 0. The van der Waals surface area contributed by atoms with Crippen molar-refractivity contribution in [2.75, 3.05) is 6.61 Å². The van der Waals surface area contributed by atoms with E-state index in [9.17, 15) is 9.59 Å². The van der Waals surface area contributed by atoms with E-state index >= 15 is 0 Å². The van der Waals surface area contributed by atoms with Gasteiger partial charge in [0, 0.05) is 24.0 Å². The van der Waals surface area contributed by atoms with Gasteiger partial charge in [-0.3, -0.25) is 0 Å². The predicted molar refractivity (Wildman–Crippen MR) is 120 cm³/mol. The molecule has 1 aromatic rings. The third-order valence-electron chi connectivity index (χ3n) is 5.95. The van der Waals surface area contributed by atoms with Gasteiger partial charge in [-0.25, -0.2) is 9.59 Å². The molecule has 3 rings (SSSR count). The van der Waals surface area contributed by atoms with E-state index in [4.69, 9.17) is 14.2 Å². The molecule has 2 aliphatic rings. The zero-order valence-corrected chi connectivity index (χ0v) is 18.4. The second kappa shape index (κ2) is 11.7. The zero-order valence-electron chi connectivity index (χ0n) is 18.4. The van der Waals surface area contributed by atoms with Crippen LogP contribution in [0, 0.1) is 0 Å². The number of carbonyl (C=O) groups is 2. The van der Waals surface area contributed by atoms with Gasteiger partial charge < -0.3 is 14.2 Å². The highest BCUT2D eigenvalue weighted by molar-refractivity contribution is 5.90. The average molecular weight is 427 g/mol. The molecule has 168 valence electrons. The lowest BCUT2D eigenvalue weighted by Gasteiger charge is -2.11. The Balaban J connectivity index is 1.15. The summed E-state index contributed by atoms with van der Waals surface area (Å²) in [5.74, 6) is 0.339. The van der Waals surface area contributed by atoms with Crippen LogP contribution in [0.4, 0.5) is 0 Å². The molecule has 0 spiro atoms. The Hall–Kier alpha value is -2.56. The molecule has 2 unspecified atom stereocenters. The van der Waals surface area contributed by atoms with Gasteiger partial charge in [-0.1, -0.05) is 63.8 Å². The van der Waals surface area contributed by atoms with Gasteiger partial charge in [0.05, 0.1) is 6.61 Å². The van der Waals surface area contributed by atoms with Crippen molar-refractivity contribution >= 4 is 11.9 Å². The lowest BCUT2D eigenvalue weighted by molar-refractivity contribution is -0.140. The van der Waals surface area contributed by atoms with Crippen LogP contribution in [-0.2, 0) is 19.1 Å². The van der Waals surface area contributed by atoms with E-state index in [1.54, 1.807) is 0 Å². The van der Waals surface area contributed by atoms with Crippen molar-refractivity contribution in [3.05, 3.63) is 54.1 Å². The first-order valence-corrected chi connectivity index (χ1v) is 11.5. The molecule has 0 amide bonds. The normalized spacial score (nSPS) is 20.8. The smallest absolute Gasteiger partial charge is 0.334 e. The van der Waals surface area contributed by atoms with Gasteiger partial charge in [0.15, 0.2) is 0 Å². The number of cyclic esters (lactones) is 2. The summed E-state index contributed by atoms with van der Waals surface area (Å²) in [5, 5.41) is 0. The molecule has 5 heteroatoms. The molecular formula is C26H34O5. The highest BCUT2D eigenvalue weighted by Gasteiger charge is 2.28. The molecular weight excluding hydrogens is 392 g/mol. The molecule has 1 aromatic carbocycles. The van der Waals surface area contributed by atoms with Crippen LogP contribution in [0.3, 0.4) is 0 Å². The summed E-state index contributed by atoms with van der Waals surface area (Å²) < 4.78 is 16.4. The number of hydrogen-bond acceptors (Lipinski definition) is 5. The van der Waals surface area contributed by atoms with Crippen molar-refractivity contribution in [1.82, 2.24) is 0 Å². The number of benzene rings is 1. The third-order valence-corrected chi connectivity index (χ3v) is 5.95. The fourth-order valence-electron chi connectivity index (χ4n) is 4.05. The van der Waals surface area contributed by atoms with Gasteiger partial charge >= 0.3 is 11.9 Å². The molecule has 0 saturated carbocycles. The standard InChI is InChI=1S/C26H34O5/c1-19-17-23(30-25(19)27)11-9-7-5-3-4-6-8-10-16-29-22-14-12-21(13-15-22)24-18-20(2)26(28)31-24/h12-15,23-24H,1-11,16-18H2. The summed E-state index contributed by atoms with van der Waals surface area (Å²) in [6.07, 6.45) is 11.6. The Bertz CT molecular complexity index is 747. The number of unbranched alkanes of at least 4 members (excludes halogenated alkanes) is 7. The SMILES string of the molecule is C=C1CC(CCCCCCCCCCOc2ccc(C3CC(=C)C(=O)O3)cc2)OC1=O. The van der Waals surface area contributed by atoms with E-state index in [1.807, 2.05) is 24.3 Å². The van der Waals surface area contributed by atoms with Crippen molar-refractivity contribution in [3.8, 4) is 5.75 Å². The van der Waals surface area contributed by atoms with Gasteiger partial charge in [0.1, 0.15) is 18.0 Å². The van der Waals surface area contributed by atoms with Gasteiger partial charge in [-0.05, 0) is 37.0 Å². The van der Waals surface area contributed by atoms with Crippen LogP contribution in [0.25, 0.3) is 0 Å². The van der Waals surface area contributed by atoms with E-state index < -0.39 is 0 Å². The van der Waals surface area contributed by atoms with Gasteiger partial charge in [0.25, 0.3) is 0 Å². The van der Waals surface area contributed by atoms with Crippen LogP contribution in [0.15, 0.2) is 48.6 Å². The minimum atomic E-state index is -0.298. The summed E-state index contributed by atoms with van der Waals surface area (Å²) in [6.45, 7) is 8.17. The molecule has 0 radical (unpaired) electrons. The number of ether oxygens (including phenoxy) is 3. The third kappa shape index (κ3) is 7.27. The highest BCUT2D eigenvalue weighted by Crippen LogP contribution is 2.32. The largest absolute Gasteiger partial charge is 0.494 e. The van der Waals surface area contributed by atoms with E-state index in [0.717, 1.165) is 37.2 Å². The van der Waals surface area contributed by atoms with E-state index in [2.05, 4.69) is 13.2 Å². The molecule has 2 heterocycles. The first-order chi connectivity index (χ1) is 15.0. The zero-order chi connectivity index (χ0) is 22.1. The average Bonchev–Trinajstić information content (AvgIpc) is 3.27. The lowest BCUT2D eigenvalue weighted by atomic mass is 10.0. The van der Waals surface area contributed by atoms with Crippen LogP contribution in [0.5, 0.6) is 5.75 Å². The summed E-state index contributed by atoms with van der Waals surface area (Å²) in [5.41, 5.74) is 2.14. The van der Waals surface area contributed by atoms with Crippen molar-refractivity contribution in [2.24, 2.45) is 0 Å². The Morgan fingerprint density at radius 3 is 1.94 bits per heavy atom. The Kier molecular flexibility index (Phi) is 8.74. The summed E-state index contributed by atoms with van der Waals surface area (Å²) in [7, 11) is 0. The van der Waals surface area contributed by atoms with Crippen molar-refractivity contribution in [2.45, 2.75) is 82.8 Å². The van der Waals surface area contributed by atoms with Crippen LogP contribution in [0.1, 0.15) is 82.3 Å². The minimum absolute atomic E-state index is 0.0662. The van der Waals surface area contributed by atoms with Crippen LogP contribution < -0.4 is 4.74 Å². The molecule has 0 N–H and O–H groups in total. The second-order valence-corrected chi connectivity index (χ2v) is 8.57. The second-order valence-electron chi connectivity index (χ2n) is 8.57. The first-order valence-electron chi connectivity index (χ1n) is 11.5. The monoisotopic (exact) mass is 426 g/mol. The molecule has 2 atom stereocenters. The highest BCUT2D eigenvalue weighted by atomic mass is 16.6. The van der Waals surface area contributed by atoms with Crippen molar-refractivity contribution in [1.29, 1.82) is 0 Å². The number of esters is 2.